The molecule has 0 saturated heterocycles. The van der Waals surface area contributed by atoms with Crippen LogP contribution in [0.5, 0.6) is 0 Å². The van der Waals surface area contributed by atoms with Crippen molar-refractivity contribution in [3.63, 3.8) is 0 Å². The van der Waals surface area contributed by atoms with Gasteiger partial charge in [-0.1, -0.05) is 42.5 Å². The predicted molar refractivity (Wildman–Crippen MR) is 75.7 cm³/mol. The van der Waals surface area contributed by atoms with Crippen LogP contribution >= 0.6 is 0 Å². The molecule has 1 heterocycles. The molecular formula is C13H10BN3O3. The second-order valence-electron chi connectivity index (χ2n) is 4.27. The summed E-state index contributed by atoms with van der Waals surface area (Å²) in [5.74, 6) is 0.613. The molecule has 0 unspecified atom stereocenters. The molecular weight excluding hydrogens is 257 g/mol. The van der Waals surface area contributed by atoms with Crippen molar-refractivity contribution in [3.05, 3.63) is 70.3 Å². The van der Waals surface area contributed by atoms with Crippen LogP contribution in [0.15, 0.2) is 59.5 Å². The second kappa shape index (κ2) is 5.14. The molecule has 1 aliphatic heterocycles. The molecule has 20 heavy (non-hydrogen) atoms. The van der Waals surface area contributed by atoms with E-state index < -0.39 is 12.0 Å². The molecule has 2 aromatic rings. The Kier molecular flexibility index (Phi) is 3.18. The quantitative estimate of drug-likeness (QED) is 0.516. The van der Waals surface area contributed by atoms with Crippen molar-refractivity contribution in [2.45, 2.75) is 0 Å². The Morgan fingerprint density at radius 2 is 1.95 bits per heavy atom. The van der Waals surface area contributed by atoms with Gasteiger partial charge in [0.1, 0.15) is 5.84 Å². The van der Waals surface area contributed by atoms with Crippen LogP contribution in [0, 0.1) is 10.1 Å². The van der Waals surface area contributed by atoms with E-state index in [0.717, 1.165) is 5.56 Å². The van der Waals surface area contributed by atoms with Crippen LogP contribution in [0.25, 0.3) is 0 Å². The molecule has 2 aromatic carbocycles. The van der Waals surface area contributed by atoms with E-state index in [2.05, 4.69) is 10.4 Å². The number of amidine groups is 1. The zero-order chi connectivity index (χ0) is 13.9. The molecule has 1 aliphatic rings. The van der Waals surface area contributed by atoms with Gasteiger partial charge in [0.05, 0.1) is 4.92 Å². The van der Waals surface area contributed by atoms with Crippen LogP contribution in [0.3, 0.4) is 0 Å². The fourth-order valence-corrected chi connectivity index (χ4v) is 1.95. The van der Waals surface area contributed by atoms with Gasteiger partial charge in [-0.2, -0.15) is 0 Å². The van der Waals surface area contributed by atoms with Gasteiger partial charge in [0.15, 0.2) is 0 Å². The average molecular weight is 267 g/mol. The van der Waals surface area contributed by atoms with E-state index in [1.54, 1.807) is 12.1 Å². The van der Waals surface area contributed by atoms with Crippen LogP contribution in [-0.4, -0.2) is 17.8 Å². The molecule has 0 fully saturated rings. The minimum Gasteiger partial charge on any atom is -0.300 e. The van der Waals surface area contributed by atoms with Gasteiger partial charge in [0, 0.05) is 17.7 Å². The van der Waals surface area contributed by atoms with Gasteiger partial charge in [-0.25, -0.2) is 0 Å². The number of hydrogen-bond acceptors (Lipinski definition) is 5. The highest BCUT2D eigenvalue weighted by Gasteiger charge is 2.28. The Balaban J connectivity index is 1.88. The molecule has 0 aliphatic carbocycles. The first-order valence-corrected chi connectivity index (χ1v) is 6.03. The second-order valence-corrected chi connectivity index (χ2v) is 4.27. The molecule has 0 aromatic heterocycles. The van der Waals surface area contributed by atoms with Crippen molar-refractivity contribution in [2.24, 2.45) is 4.90 Å². The molecule has 0 radical (unpaired) electrons. The predicted octanol–water partition coefficient (Wildman–Crippen LogP) is 1.27. The van der Waals surface area contributed by atoms with E-state index in [9.17, 15) is 10.1 Å². The number of hydroxylamine groups is 1. The van der Waals surface area contributed by atoms with Crippen LogP contribution in [-0.2, 0) is 4.76 Å². The zero-order valence-corrected chi connectivity index (χ0v) is 10.4. The molecule has 0 spiro atoms. The standard InChI is InChI=1S/C13H10BN3O3/c18-17(19)12-8-4-7-11(9-12)14-15-13(16-20-14)10-5-2-1-3-6-10/h1-9H,(H,15,16). The fraction of sp³-hybridized carbons (Fsp3) is 0. The number of nitro benzene ring substituents is 1. The first kappa shape index (κ1) is 12.4. The van der Waals surface area contributed by atoms with Crippen molar-refractivity contribution in [1.82, 2.24) is 5.48 Å². The lowest BCUT2D eigenvalue weighted by molar-refractivity contribution is -0.384. The van der Waals surface area contributed by atoms with E-state index >= 15 is 0 Å². The van der Waals surface area contributed by atoms with E-state index in [1.165, 1.54) is 12.1 Å². The molecule has 3 rings (SSSR count). The molecule has 0 atom stereocenters. The Morgan fingerprint density at radius 3 is 2.70 bits per heavy atom. The third kappa shape index (κ3) is 2.39. The summed E-state index contributed by atoms with van der Waals surface area (Å²) in [5, 5.41) is 10.8. The van der Waals surface area contributed by atoms with E-state index in [-0.39, 0.29) is 5.69 Å². The molecule has 7 heteroatoms. The summed E-state index contributed by atoms with van der Waals surface area (Å²) in [5.41, 5.74) is 4.31. The third-order valence-electron chi connectivity index (χ3n) is 2.93. The smallest absolute Gasteiger partial charge is 0.300 e. The Labute approximate surface area is 115 Å². The number of benzene rings is 2. The Bertz CT molecular complexity index is 676. The number of hydrogen-bond donors (Lipinski definition) is 1. The average Bonchev–Trinajstić information content (AvgIpc) is 2.98. The largest absolute Gasteiger partial charge is 0.496 e. The van der Waals surface area contributed by atoms with Gasteiger partial charge in [-0.05, 0) is 5.46 Å². The first-order valence-electron chi connectivity index (χ1n) is 6.03. The zero-order valence-electron chi connectivity index (χ0n) is 10.4. The molecule has 0 saturated carbocycles. The summed E-state index contributed by atoms with van der Waals surface area (Å²) < 4.78 is 5.36. The Morgan fingerprint density at radius 1 is 1.15 bits per heavy atom. The van der Waals surface area contributed by atoms with Gasteiger partial charge >= 0.3 is 7.05 Å². The van der Waals surface area contributed by atoms with Crippen molar-refractivity contribution in [1.29, 1.82) is 0 Å². The topological polar surface area (TPSA) is 76.8 Å². The lowest BCUT2D eigenvalue weighted by Gasteiger charge is -2.02. The van der Waals surface area contributed by atoms with Crippen LogP contribution in [0.4, 0.5) is 5.69 Å². The lowest BCUT2D eigenvalue weighted by atomic mass is 9.75. The third-order valence-corrected chi connectivity index (χ3v) is 2.93. The highest BCUT2D eigenvalue weighted by Crippen LogP contribution is 2.10. The normalized spacial score (nSPS) is 13.8. The highest BCUT2D eigenvalue weighted by atomic mass is 16.6. The molecule has 0 amide bonds. The van der Waals surface area contributed by atoms with Crippen molar-refractivity contribution in [3.8, 4) is 0 Å². The highest BCUT2D eigenvalue weighted by molar-refractivity contribution is 6.68. The maximum Gasteiger partial charge on any atom is 0.496 e. The van der Waals surface area contributed by atoms with Crippen molar-refractivity contribution in [2.75, 3.05) is 0 Å². The fourth-order valence-electron chi connectivity index (χ4n) is 1.95. The number of nitrogens with one attached hydrogen (secondary N) is 1. The maximum atomic E-state index is 10.8. The number of non-ortho nitro benzene ring substituents is 1. The molecule has 98 valence electrons. The van der Waals surface area contributed by atoms with Gasteiger partial charge in [0.2, 0.25) is 0 Å². The summed E-state index contributed by atoms with van der Waals surface area (Å²) in [6.07, 6.45) is 0. The van der Waals surface area contributed by atoms with Crippen LogP contribution in [0.2, 0.25) is 0 Å². The van der Waals surface area contributed by atoms with E-state index in [1.807, 2.05) is 30.3 Å². The van der Waals surface area contributed by atoms with Crippen molar-refractivity contribution < 1.29 is 9.68 Å². The summed E-state index contributed by atoms with van der Waals surface area (Å²) >= 11 is 0. The Hall–Kier alpha value is -2.67. The van der Waals surface area contributed by atoms with Gasteiger partial charge in [-0.15, -0.1) is 0 Å². The molecule has 0 bridgehead atoms. The minimum atomic E-state index is -0.579. The van der Waals surface area contributed by atoms with Crippen LogP contribution < -0.4 is 10.9 Å². The maximum absolute atomic E-state index is 10.8. The first-order chi connectivity index (χ1) is 9.74. The number of rotatable bonds is 3. The SMILES string of the molecule is O=[N+]([O-])c1cccc(B2N=C(c3ccccc3)NO2)c1. The minimum absolute atomic E-state index is 0.0226. The van der Waals surface area contributed by atoms with Gasteiger partial charge < -0.3 is 0 Å². The number of nitrogens with zero attached hydrogens (tertiary/aromatic N) is 2. The van der Waals surface area contributed by atoms with E-state index in [4.69, 9.17) is 4.76 Å². The monoisotopic (exact) mass is 267 g/mol. The molecule has 6 nitrogen and oxygen atoms in total. The van der Waals surface area contributed by atoms with E-state index in [0.29, 0.717) is 11.3 Å². The summed E-state index contributed by atoms with van der Waals surface area (Å²) in [7, 11) is -0.579. The van der Waals surface area contributed by atoms with Gasteiger partial charge in [0.25, 0.3) is 5.69 Å². The lowest BCUT2D eigenvalue weighted by Crippen LogP contribution is -2.31. The van der Waals surface area contributed by atoms with Gasteiger partial charge in [-0.3, -0.25) is 25.3 Å². The summed E-state index contributed by atoms with van der Waals surface area (Å²) in [6, 6.07) is 15.8. The summed E-state index contributed by atoms with van der Waals surface area (Å²) in [6.45, 7) is 0. The number of nitro groups is 1. The van der Waals surface area contributed by atoms with Crippen LogP contribution in [0.1, 0.15) is 5.56 Å². The van der Waals surface area contributed by atoms with Crippen molar-refractivity contribution >= 4 is 24.0 Å². The summed E-state index contributed by atoms with van der Waals surface area (Å²) in [4.78, 5) is 14.7. The molecule has 1 N–H and O–H groups in total.